The van der Waals surface area contributed by atoms with Gasteiger partial charge in [0.05, 0.1) is 5.39 Å². The first-order valence-corrected chi connectivity index (χ1v) is 8.10. The minimum atomic E-state index is -0.844. The highest BCUT2D eigenvalue weighted by atomic mass is 32.2. The standard InChI is InChI=1S/C15H12N2O2S2/c1-9(15(18)19)21-14-12-11(10-5-3-2-4-6-10)7-20-13(12)16-8-17-14/h2-9H,1H3,(H,18,19)/t9-/m0/s1. The molecule has 3 rings (SSSR count). The monoisotopic (exact) mass is 316 g/mol. The van der Waals surface area contributed by atoms with Gasteiger partial charge in [0.15, 0.2) is 0 Å². The number of fused-ring (bicyclic) bond motifs is 1. The van der Waals surface area contributed by atoms with E-state index in [9.17, 15) is 4.79 Å². The van der Waals surface area contributed by atoms with E-state index >= 15 is 0 Å². The summed E-state index contributed by atoms with van der Waals surface area (Å²) in [5.74, 6) is -0.844. The third-order valence-corrected chi connectivity index (χ3v) is 5.03. The number of benzene rings is 1. The van der Waals surface area contributed by atoms with Gasteiger partial charge in [-0.2, -0.15) is 0 Å². The number of aliphatic carboxylic acids is 1. The fourth-order valence-electron chi connectivity index (χ4n) is 1.99. The maximum Gasteiger partial charge on any atom is 0.316 e. The van der Waals surface area contributed by atoms with Crippen molar-refractivity contribution in [1.29, 1.82) is 0 Å². The molecule has 0 radical (unpaired) electrons. The van der Waals surface area contributed by atoms with E-state index in [1.807, 2.05) is 35.7 Å². The van der Waals surface area contributed by atoms with Gasteiger partial charge < -0.3 is 5.11 Å². The highest BCUT2D eigenvalue weighted by Crippen LogP contribution is 2.38. The van der Waals surface area contributed by atoms with Crippen LogP contribution in [0.4, 0.5) is 0 Å². The molecule has 0 amide bonds. The maximum absolute atomic E-state index is 11.1. The van der Waals surface area contributed by atoms with Gasteiger partial charge in [-0.25, -0.2) is 9.97 Å². The quantitative estimate of drug-likeness (QED) is 0.584. The molecule has 2 aromatic heterocycles. The van der Waals surface area contributed by atoms with E-state index in [1.165, 1.54) is 18.1 Å². The SMILES string of the molecule is C[C@H](Sc1ncnc2scc(-c3ccccc3)c12)C(=O)O. The van der Waals surface area contributed by atoms with Crippen LogP contribution in [-0.4, -0.2) is 26.3 Å². The van der Waals surface area contributed by atoms with Crippen molar-refractivity contribution < 1.29 is 9.90 Å². The van der Waals surface area contributed by atoms with Gasteiger partial charge in [-0.05, 0) is 12.5 Å². The van der Waals surface area contributed by atoms with Crippen LogP contribution in [0.25, 0.3) is 21.3 Å². The Morgan fingerprint density at radius 2 is 2.05 bits per heavy atom. The lowest BCUT2D eigenvalue weighted by Gasteiger charge is -2.07. The van der Waals surface area contributed by atoms with E-state index in [4.69, 9.17) is 5.11 Å². The molecule has 1 N–H and O–H groups in total. The summed E-state index contributed by atoms with van der Waals surface area (Å²) >= 11 is 2.80. The van der Waals surface area contributed by atoms with Crippen LogP contribution >= 0.6 is 23.1 Å². The normalized spacial score (nSPS) is 12.4. The number of nitrogens with zero attached hydrogens (tertiary/aromatic N) is 2. The summed E-state index contributed by atoms with van der Waals surface area (Å²) in [5, 5.41) is 12.2. The van der Waals surface area contributed by atoms with Gasteiger partial charge in [-0.3, -0.25) is 4.79 Å². The summed E-state index contributed by atoms with van der Waals surface area (Å²) in [6.45, 7) is 1.66. The average Bonchev–Trinajstić information content (AvgIpc) is 2.93. The highest BCUT2D eigenvalue weighted by molar-refractivity contribution is 8.00. The second-order valence-electron chi connectivity index (χ2n) is 4.47. The van der Waals surface area contributed by atoms with Crippen LogP contribution < -0.4 is 0 Å². The van der Waals surface area contributed by atoms with Crippen LogP contribution in [0.2, 0.25) is 0 Å². The van der Waals surface area contributed by atoms with E-state index in [0.29, 0.717) is 0 Å². The van der Waals surface area contributed by atoms with Crippen molar-refractivity contribution in [3.05, 3.63) is 42.0 Å². The fourth-order valence-corrected chi connectivity index (χ4v) is 3.83. The minimum Gasteiger partial charge on any atom is -0.480 e. The third-order valence-electron chi connectivity index (χ3n) is 3.06. The molecule has 0 aliphatic rings. The van der Waals surface area contributed by atoms with E-state index in [1.54, 1.807) is 18.3 Å². The number of hydrogen-bond acceptors (Lipinski definition) is 5. The number of carbonyl (C=O) groups is 1. The van der Waals surface area contributed by atoms with Gasteiger partial charge in [-0.1, -0.05) is 42.1 Å². The van der Waals surface area contributed by atoms with E-state index in [2.05, 4.69) is 9.97 Å². The van der Waals surface area contributed by atoms with Crippen LogP contribution in [0.5, 0.6) is 0 Å². The molecule has 1 atom stereocenters. The number of carboxylic acids is 1. The van der Waals surface area contributed by atoms with Crippen molar-refractivity contribution in [3.8, 4) is 11.1 Å². The number of carboxylic acid groups (broad SMARTS) is 1. The molecule has 0 spiro atoms. The van der Waals surface area contributed by atoms with Gasteiger partial charge >= 0.3 is 5.97 Å². The lowest BCUT2D eigenvalue weighted by Crippen LogP contribution is -2.11. The zero-order valence-electron chi connectivity index (χ0n) is 11.2. The molecular formula is C15H12N2O2S2. The molecule has 0 unspecified atom stereocenters. The molecule has 0 aliphatic carbocycles. The second kappa shape index (κ2) is 5.83. The van der Waals surface area contributed by atoms with Crippen LogP contribution in [0.1, 0.15) is 6.92 Å². The summed E-state index contributed by atoms with van der Waals surface area (Å²) in [4.78, 5) is 20.5. The van der Waals surface area contributed by atoms with Crippen molar-refractivity contribution >= 4 is 39.3 Å². The molecule has 0 saturated heterocycles. The summed E-state index contributed by atoms with van der Waals surface area (Å²) in [7, 11) is 0. The van der Waals surface area contributed by atoms with E-state index in [0.717, 1.165) is 26.4 Å². The zero-order chi connectivity index (χ0) is 14.8. The Kier molecular flexibility index (Phi) is 3.90. The van der Waals surface area contributed by atoms with Crippen LogP contribution in [0.3, 0.4) is 0 Å². The summed E-state index contributed by atoms with van der Waals surface area (Å²) < 4.78 is 0. The first-order chi connectivity index (χ1) is 10.2. The summed E-state index contributed by atoms with van der Waals surface area (Å²) in [6.07, 6.45) is 1.49. The smallest absolute Gasteiger partial charge is 0.316 e. The Hall–Kier alpha value is -1.92. The molecular weight excluding hydrogens is 304 g/mol. The Morgan fingerprint density at radius 3 is 2.76 bits per heavy atom. The fraction of sp³-hybridized carbons (Fsp3) is 0.133. The number of rotatable bonds is 4. The van der Waals surface area contributed by atoms with Crippen molar-refractivity contribution in [2.24, 2.45) is 0 Å². The summed E-state index contributed by atoms with van der Waals surface area (Å²) in [5.41, 5.74) is 2.14. The Balaban J connectivity index is 2.13. The molecule has 3 aromatic rings. The zero-order valence-corrected chi connectivity index (χ0v) is 12.8. The van der Waals surface area contributed by atoms with Gasteiger partial charge in [0, 0.05) is 10.9 Å². The first kappa shape index (κ1) is 14.0. The van der Waals surface area contributed by atoms with E-state index in [-0.39, 0.29) is 0 Å². The topological polar surface area (TPSA) is 63.1 Å². The van der Waals surface area contributed by atoms with Gasteiger partial charge in [0.2, 0.25) is 0 Å². The number of hydrogen-bond donors (Lipinski definition) is 1. The lowest BCUT2D eigenvalue weighted by atomic mass is 10.1. The second-order valence-corrected chi connectivity index (χ2v) is 6.66. The molecule has 106 valence electrons. The molecule has 0 aliphatic heterocycles. The third kappa shape index (κ3) is 2.77. The first-order valence-electron chi connectivity index (χ1n) is 6.34. The maximum atomic E-state index is 11.1. The Bertz CT molecular complexity index is 787. The van der Waals surface area contributed by atoms with Crippen LogP contribution in [0.15, 0.2) is 47.1 Å². The van der Waals surface area contributed by atoms with Crippen molar-refractivity contribution in [2.75, 3.05) is 0 Å². The van der Waals surface area contributed by atoms with Crippen LogP contribution in [0, 0.1) is 0 Å². The predicted octanol–water partition coefficient (Wildman–Crippen LogP) is 3.92. The average molecular weight is 316 g/mol. The number of aromatic nitrogens is 2. The lowest BCUT2D eigenvalue weighted by molar-refractivity contribution is -0.136. The largest absolute Gasteiger partial charge is 0.480 e. The highest BCUT2D eigenvalue weighted by Gasteiger charge is 2.18. The van der Waals surface area contributed by atoms with Gasteiger partial charge in [0.1, 0.15) is 21.4 Å². The molecule has 2 heterocycles. The molecule has 0 bridgehead atoms. The molecule has 21 heavy (non-hydrogen) atoms. The summed E-state index contributed by atoms with van der Waals surface area (Å²) in [6, 6.07) is 9.99. The van der Waals surface area contributed by atoms with Crippen molar-refractivity contribution in [3.63, 3.8) is 0 Å². The van der Waals surface area contributed by atoms with Gasteiger partial charge in [0.25, 0.3) is 0 Å². The Morgan fingerprint density at radius 1 is 1.29 bits per heavy atom. The predicted molar refractivity (Wildman–Crippen MR) is 85.8 cm³/mol. The minimum absolute atomic E-state index is 0.549. The number of thiophene rings is 1. The molecule has 4 nitrogen and oxygen atoms in total. The molecule has 1 aromatic carbocycles. The van der Waals surface area contributed by atoms with Crippen molar-refractivity contribution in [2.45, 2.75) is 17.2 Å². The Labute approximate surface area is 129 Å². The van der Waals surface area contributed by atoms with E-state index < -0.39 is 11.2 Å². The number of thioether (sulfide) groups is 1. The van der Waals surface area contributed by atoms with Crippen molar-refractivity contribution in [1.82, 2.24) is 9.97 Å². The van der Waals surface area contributed by atoms with Crippen LogP contribution in [-0.2, 0) is 4.79 Å². The van der Waals surface area contributed by atoms with Gasteiger partial charge in [-0.15, -0.1) is 11.3 Å². The molecule has 0 saturated carbocycles. The molecule has 0 fully saturated rings. The molecule has 6 heteroatoms.